The van der Waals surface area contributed by atoms with Crippen LogP contribution in [0.1, 0.15) is 34.2 Å². The van der Waals surface area contributed by atoms with Crippen LogP contribution < -0.4 is 30.6 Å². The number of hydrogen-bond acceptors (Lipinski definition) is 12. The molecule has 384 valence electrons. The molecule has 0 spiro atoms. The summed E-state index contributed by atoms with van der Waals surface area (Å²) in [6.07, 6.45) is 0. The van der Waals surface area contributed by atoms with E-state index in [0.29, 0.717) is 33.1 Å². The molecule has 0 aliphatic rings. The normalized spacial score (nSPS) is 10.0. The molecular formula is C60H48N6O6Pd3. The molecule has 12 aromatic rings. The Balaban J connectivity index is 0.000000193. The van der Waals surface area contributed by atoms with Gasteiger partial charge in [0.25, 0.3) is 0 Å². The summed E-state index contributed by atoms with van der Waals surface area (Å²) < 4.78 is 0. The van der Waals surface area contributed by atoms with Gasteiger partial charge in [-0.1, -0.05) is 180 Å². The van der Waals surface area contributed by atoms with Crippen LogP contribution in [-0.4, -0.2) is 29.9 Å². The van der Waals surface area contributed by atoms with Crippen molar-refractivity contribution in [3.05, 3.63) is 216 Å². The fourth-order valence-corrected chi connectivity index (χ4v) is 7.30. The van der Waals surface area contributed by atoms with E-state index in [2.05, 4.69) is 29.9 Å². The summed E-state index contributed by atoms with van der Waals surface area (Å²) in [5, 5.41) is 73.1. The fraction of sp³-hybridized carbons (Fsp3) is 0.100. The second kappa shape index (κ2) is 28.3. The van der Waals surface area contributed by atoms with E-state index in [4.69, 9.17) is 0 Å². The van der Waals surface area contributed by atoms with Crippen molar-refractivity contribution in [3.8, 4) is 34.5 Å². The van der Waals surface area contributed by atoms with Gasteiger partial charge in [-0.2, -0.15) is 0 Å². The molecule has 12 nitrogen and oxygen atoms in total. The van der Waals surface area contributed by atoms with Crippen molar-refractivity contribution < 1.29 is 91.9 Å². The van der Waals surface area contributed by atoms with E-state index in [1.54, 1.807) is 36.4 Å². The van der Waals surface area contributed by atoms with E-state index >= 15 is 0 Å². The van der Waals surface area contributed by atoms with Crippen molar-refractivity contribution in [1.29, 1.82) is 0 Å². The van der Waals surface area contributed by atoms with Gasteiger partial charge in [-0.15, -0.1) is 0 Å². The Morgan fingerprint density at radius 3 is 0.467 bits per heavy atom. The maximum Gasteiger partial charge on any atom is 2.00 e. The minimum atomic E-state index is -0.00352. The van der Waals surface area contributed by atoms with Gasteiger partial charge in [0, 0.05) is 34.2 Å². The molecule has 0 saturated carbocycles. The van der Waals surface area contributed by atoms with Crippen molar-refractivity contribution in [2.45, 2.75) is 41.5 Å². The van der Waals surface area contributed by atoms with Crippen LogP contribution in [0.25, 0.3) is 65.4 Å². The van der Waals surface area contributed by atoms with Crippen LogP contribution in [0.4, 0.5) is 0 Å². The molecule has 0 radical (unpaired) electrons. The van der Waals surface area contributed by atoms with Crippen LogP contribution in [0.5, 0.6) is 34.5 Å². The number of rotatable bonds is 0. The standard InChI is InChI=1S/6C10H9NO.3Pd/c6*1-7-5-6-8-3-2-4-9(12)10(8)11-7;;;/h6*2-6,12H,1H3;;;/q;;;;;;3*+2/p-6. The van der Waals surface area contributed by atoms with Gasteiger partial charge in [-0.25, -0.2) is 0 Å². The first kappa shape index (κ1) is 60.1. The monoisotopic (exact) mass is 1270 g/mol. The number of hydrogen-bond donors (Lipinski definition) is 0. The van der Waals surface area contributed by atoms with Crippen molar-refractivity contribution in [2.75, 3.05) is 0 Å². The average molecular weight is 1270 g/mol. The first-order valence-corrected chi connectivity index (χ1v) is 22.8. The predicted molar refractivity (Wildman–Crippen MR) is 276 cm³/mol. The zero-order chi connectivity index (χ0) is 51.3. The van der Waals surface area contributed by atoms with Crippen molar-refractivity contribution in [3.63, 3.8) is 0 Å². The molecule has 75 heavy (non-hydrogen) atoms. The third-order valence-corrected chi connectivity index (χ3v) is 10.9. The molecule has 6 heterocycles. The summed E-state index contributed by atoms with van der Waals surface area (Å²) in [5.74, 6) is -0.0211. The molecule has 0 unspecified atom stereocenters. The first-order valence-electron chi connectivity index (χ1n) is 22.8. The molecule has 15 heteroatoms. The molecule has 12 rings (SSSR count). The minimum Gasteiger partial charge on any atom is -0.871 e. The molecule has 0 amide bonds. The largest absolute Gasteiger partial charge is 2.00 e. The zero-order valence-electron chi connectivity index (χ0n) is 41.4. The third kappa shape index (κ3) is 16.3. The quantitative estimate of drug-likeness (QED) is 0.130. The molecule has 0 saturated heterocycles. The Morgan fingerprint density at radius 1 is 0.200 bits per heavy atom. The van der Waals surface area contributed by atoms with Gasteiger partial charge in [0.2, 0.25) is 0 Å². The van der Waals surface area contributed by atoms with Gasteiger partial charge >= 0.3 is 61.3 Å². The second-order valence-electron chi connectivity index (χ2n) is 16.7. The number of nitrogens with zero attached hydrogens (tertiary/aromatic N) is 6. The second-order valence-corrected chi connectivity index (χ2v) is 16.7. The van der Waals surface area contributed by atoms with Crippen molar-refractivity contribution in [2.24, 2.45) is 0 Å². The van der Waals surface area contributed by atoms with E-state index in [1.807, 2.05) is 151 Å². The van der Waals surface area contributed by atoms with E-state index in [-0.39, 0.29) is 95.8 Å². The van der Waals surface area contributed by atoms with Gasteiger partial charge in [0.15, 0.2) is 0 Å². The number of aromatic nitrogens is 6. The zero-order valence-corrected chi connectivity index (χ0v) is 46.1. The van der Waals surface area contributed by atoms with Crippen LogP contribution in [0.2, 0.25) is 0 Å². The maximum absolute atomic E-state index is 11.3. The summed E-state index contributed by atoms with van der Waals surface area (Å²) in [7, 11) is 0. The smallest absolute Gasteiger partial charge is 0.871 e. The Morgan fingerprint density at radius 2 is 0.333 bits per heavy atom. The summed E-state index contributed by atoms with van der Waals surface area (Å²) in [4.78, 5) is 25.0. The van der Waals surface area contributed by atoms with Crippen LogP contribution in [0.3, 0.4) is 0 Å². The Labute approximate surface area is 475 Å². The summed E-state index contributed by atoms with van der Waals surface area (Å²) in [6.45, 7) is 11.3. The van der Waals surface area contributed by atoms with Gasteiger partial charge in [-0.05, 0) is 110 Å². The molecule has 0 aliphatic carbocycles. The average Bonchev–Trinajstić information content (AvgIpc) is 3.37. The van der Waals surface area contributed by atoms with Crippen LogP contribution in [-0.2, 0) is 61.3 Å². The van der Waals surface area contributed by atoms with E-state index in [9.17, 15) is 30.6 Å². The number of fused-ring (bicyclic) bond motifs is 6. The van der Waals surface area contributed by atoms with Crippen molar-refractivity contribution in [1.82, 2.24) is 29.9 Å². The molecule has 6 aromatic carbocycles. The summed E-state index contributed by atoms with van der Waals surface area (Å²) in [5.41, 5.74) is 8.68. The molecule has 0 atom stereocenters. The molecule has 0 aliphatic heterocycles. The number of aryl methyl sites for hydroxylation is 6. The Hall–Kier alpha value is -7.43. The minimum absolute atomic E-state index is 0. The SMILES string of the molecule is Cc1ccc2cccc([O-])c2n1.Cc1ccc2cccc([O-])c2n1.Cc1ccc2cccc([O-])c2n1.Cc1ccc2cccc([O-])c2n1.Cc1ccc2cccc([O-])c2n1.Cc1ccc2cccc([O-])c2n1.[Pd+2].[Pd+2].[Pd+2]. The van der Waals surface area contributed by atoms with E-state index in [0.717, 1.165) is 66.5 Å². The molecular weight excluding hydrogens is 1220 g/mol. The Kier molecular flexibility index (Phi) is 22.7. The number of benzene rings is 6. The van der Waals surface area contributed by atoms with Crippen LogP contribution in [0.15, 0.2) is 182 Å². The van der Waals surface area contributed by atoms with Crippen molar-refractivity contribution >= 4 is 65.4 Å². The molecule has 0 bridgehead atoms. The van der Waals surface area contributed by atoms with E-state index < -0.39 is 0 Å². The van der Waals surface area contributed by atoms with E-state index in [1.165, 1.54) is 36.4 Å². The van der Waals surface area contributed by atoms with Gasteiger partial charge in [-0.3, -0.25) is 29.9 Å². The van der Waals surface area contributed by atoms with Gasteiger partial charge < -0.3 is 30.6 Å². The third-order valence-electron chi connectivity index (χ3n) is 10.9. The number of pyridine rings is 6. The Bertz CT molecular complexity index is 3200. The topological polar surface area (TPSA) is 216 Å². The molecule has 0 fully saturated rings. The molecule has 0 N–H and O–H groups in total. The van der Waals surface area contributed by atoms with Gasteiger partial charge in [0.1, 0.15) is 0 Å². The van der Waals surface area contributed by atoms with Gasteiger partial charge in [0.05, 0.1) is 33.1 Å². The maximum atomic E-state index is 11.3. The van der Waals surface area contributed by atoms with Crippen LogP contribution >= 0.6 is 0 Å². The van der Waals surface area contributed by atoms with Crippen LogP contribution in [0, 0.1) is 41.5 Å². The first-order chi connectivity index (χ1) is 34.6. The summed E-state index contributed by atoms with van der Waals surface area (Å²) >= 11 is 0. The predicted octanol–water partition coefficient (Wildman–Crippen LogP) is 9.69. The molecule has 6 aromatic heterocycles. The summed E-state index contributed by atoms with van der Waals surface area (Å²) in [6, 6.07) is 54.0. The fourth-order valence-electron chi connectivity index (χ4n) is 7.30. The number of para-hydroxylation sites is 6.